The van der Waals surface area contributed by atoms with Gasteiger partial charge in [0.15, 0.2) is 5.11 Å². The van der Waals surface area contributed by atoms with Crippen molar-refractivity contribution in [2.75, 3.05) is 32.6 Å². The van der Waals surface area contributed by atoms with Crippen molar-refractivity contribution in [3.63, 3.8) is 0 Å². The van der Waals surface area contributed by atoms with Gasteiger partial charge in [0.05, 0.1) is 13.7 Å². The fourth-order valence-electron chi connectivity index (χ4n) is 1.83. The molecule has 6 heteroatoms. The van der Waals surface area contributed by atoms with Crippen molar-refractivity contribution in [3.05, 3.63) is 53.6 Å². The summed E-state index contributed by atoms with van der Waals surface area (Å²) in [6, 6.07) is 14.9. The van der Waals surface area contributed by atoms with Crippen LogP contribution in [0.25, 0.3) is 0 Å². The molecule has 0 atom stereocenters. The minimum Gasteiger partial charge on any atom is -0.497 e. The number of thiocarbonyl (C=S) groups is 1. The predicted octanol–water partition coefficient (Wildman–Crippen LogP) is 4.06. The van der Waals surface area contributed by atoms with E-state index in [1.54, 1.807) is 7.11 Å². The molecule has 0 heterocycles. The van der Waals surface area contributed by atoms with E-state index in [1.165, 1.54) is 0 Å². The van der Waals surface area contributed by atoms with Crippen molar-refractivity contribution in [3.8, 4) is 11.5 Å². The van der Waals surface area contributed by atoms with Crippen LogP contribution in [-0.2, 0) is 0 Å². The molecule has 0 aliphatic carbocycles. The van der Waals surface area contributed by atoms with E-state index in [-0.39, 0.29) is 0 Å². The van der Waals surface area contributed by atoms with Crippen molar-refractivity contribution >= 4 is 34.6 Å². The minimum absolute atomic E-state index is 0.533. The number of methoxy groups -OCH3 is 1. The Morgan fingerprint density at radius 1 is 1.09 bits per heavy atom. The summed E-state index contributed by atoms with van der Waals surface area (Å²) in [4.78, 5) is 1.92. The first-order valence-corrected chi connectivity index (χ1v) is 7.91. The molecule has 0 fully saturated rings. The normalized spacial score (nSPS) is 10.0. The van der Waals surface area contributed by atoms with Gasteiger partial charge in [0, 0.05) is 17.8 Å². The van der Waals surface area contributed by atoms with Crippen molar-refractivity contribution in [1.29, 1.82) is 0 Å². The lowest BCUT2D eigenvalue weighted by molar-refractivity contribution is 0.285. The maximum absolute atomic E-state index is 5.86. The maximum atomic E-state index is 5.86. The third kappa shape index (κ3) is 5.62. The zero-order valence-electron chi connectivity index (χ0n) is 13.1. The van der Waals surface area contributed by atoms with E-state index in [0.29, 0.717) is 23.3 Å². The van der Waals surface area contributed by atoms with Crippen molar-refractivity contribution in [2.24, 2.45) is 0 Å². The van der Waals surface area contributed by atoms with E-state index in [4.69, 9.17) is 33.3 Å². The average Bonchev–Trinajstić information content (AvgIpc) is 2.57. The summed E-state index contributed by atoms with van der Waals surface area (Å²) in [6.07, 6.45) is 0. The van der Waals surface area contributed by atoms with Crippen LogP contribution in [0.5, 0.6) is 11.5 Å². The molecule has 2 aromatic carbocycles. The van der Waals surface area contributed by atoms with Gasteiger partial charge in [0.2, 0.25) is 0 Å². The molecule has 122 valence electrons. The quantitative estimate of drug-likeness (QED) is 0.795. The lowest BCUT2D eigenvalue weighted by Crippen LogP contribution is -2.34. The van der Waals surface area contributed by atoms with Gasteiger partial charge in [-0.15, -0.1) is 0 Å². The average molecular weight is 351 g/mol. The molecule has 23 heavy (non-hydrogen) atoms. The molecule has 0 unspecified atom stereocenters. The van der Waals surface area contributed by atoms with E-state index in [2.05, 4.69) is 5.32 Å². The molecule has 1 N–H and O–H groups in total. The third-order valence-corrected chi connectivity index (χ3v) is 3.86. The van der Waals surface area contributed by atoms with Gasteiger partial charge in [-0.05, 0) is 60.7 Å². The van der Waals surface area contributed by atoms with Crippen LogP contribution in [0.15, 0.2) is 48.5 Å². The second-order valence-corrected chi connectivity index (χ2v) is 5.71. The lowest BCUT2D eigenvalue weighted by Gasteiger charge is -2.21. The fourth-order valence-corrected chi connectivity index (χ4v) is 2.16. The Morgan fingerprint density at radius 3 is 2.30 bits per heavy atom. The number of ether oxygens (including phenoxy) is 2. The molecule has 2 rings (SSSR count). The zero-order chi connectivity index (χ0) is 16.7. The standard InChI is InChI=1S/C17H19ClN2O2S/c1-20(17(23)19-14-5-3-13(18)4-6-14)11-12-22-16-9-7-15(21-2)8-10-16/h3-10H,11-12H2,1-2H3,(H,19,23). The number of hydrogen-bond acceptors (Lipinski definition) is 3. The number of nitrogens with zero attached hydrogens (tertiary/aromatic N) is 1. The highest BCUT2D eigenvalue weighted by molar-refractivity contribution is 7.80. The van der Waals surface area contributed by atoms with E-state index >= 15 is 0 Å². The summed E-state index contributed by atoms with van der Waals surface area (Å²) in [7, 11) is 3.56. The Hall–Kier alpha value is -1.98. The van der Waals surface area contributed by atoms with E-state index in [1.807, 2.05) is 60.5 Å². The van der Waals surface area contributed by atoms with Crippen LogP contribution >= 0.6 is 23.8 Å². The molecule has 0 saturated heterocycles. The molecule has 0 amide bonds. The highest BCUT2D eigenvalue weighted by atomic mass is 35.5. The number of likely N-dealkylation sites (N-methyl/N-ethyl adjacent to an activating group) is 1. The predicted molar refractivity (Wildman–Crippen MR) is 98.8 cm³/mol. The largest absolute Gasteiger partial charge is 0.497 e. The van der Waals surface area contributed by atoms with Crippen molar-refractivity contribution in [1.82, 2.24) is 4.90 Å². The first-order chi connectivity index (χ1) is 11.1. The van der Waals surface area contributed by atoms with Crippen LogP contribution in [0.2, 0.25) is 5.02 Å². The lowest BCUT2D eigenvalue weighted by atomic mass is 10.3. The summed E-state index contributed by atoms with van der Waals surface area (Å²) < 4.78 is 10.8. The van der Waals surface area contributed by atoms with Crippen LogP contribution in [0.3, 0.4) is 0 Å². The molecule has 0 aliphatic heterocycles. The summed E-state index contributed by atoms with van der Waals surface area (Å²) in [5, 5.41) is 4.49. The zero-order valence-corrected chi connectivity index (χ0v) is 14.7. The van der Waals surface area contributed by atoms with Crippen molar-refractivity contribution in [2.45, 2.75) is 0 Å². The number of anilines is 1. The van der Waals surface area contributed by atoms with Crippen LogP contribution in [0.1, 0.15) is 0 Å². The molecule has 0 aromatic heterocycles. The molecule has 4 nitrogen and oxygen atoms in total. The highest BCUT2D eigenvalue weighted by Gasteiger charge is 2.05. The SMILES string of the molecule is COc1ccc(OCCN(C)C(=S)Nc2ccc(Cl)cc2)cc1. The number of benzene rings is 2. The van der Waals surface area contributed by atoms with Gasteiger partial charge in [-0.25, -0.2) is 0 Å². The molecular formula is C17H19ClN2O2S. The minimum atomic E-state index is 0.533. The van der Waals surface area contributed by atoms with Gasteiger partial charge >= 0.3 is 0 Å². The van der Waals surface area contributed by atoms with Crippen LogP contribution < -0.4 is 14.8 Å². The van der Waals surface area contributed by atoms with Crippen LogP contribution in [0.4, 0.5) is 5.69 Å². The Kier molecular flexibility index (Phi) is 6.50. The third-order valence-electron chi connectivity index (χ3n) is 3.20. The summed E-state index contributed by atoms with van der Waals surface area (Å²) in [5.74, 6) is 1.61. The summed E-state index contributed by atoms with van der Waals surface area (Å²) >= 11 is 11.2. The molecule has 0 aliphatic rings. The second kappa shape index (κ2) is 8.60. The van der Waals surface area contributed by atoms with E-state index in [9.17, 15) is 0 Å². The molecule has 0 saturated carbocycles. The topological polar surface area (TPSA) is 33.7 Å². The number of nitrogens with one attached hydrogen (secondary N) is 1. The number of halogens is 1. The van der Waals surface area contributed by atoms with E-state index < -0.39 is 0 Å². The van der Waals surface area contributed by atoms with Gasteiger partial charge in [0.1, 0.15) is 18.1 Å². The molecule has 0 radical (unpaired) electrons. The Labute approximate surface area is 147 Å². The monoisotopic (exact) mass is 350 g/mol. The molecule has 0 spiro atoms. The number of rotatable bonds is 6. The van der Waals surface area contributed by atoms with E-state index in [0.717, 1.165) is 17.2 Å². The summed E-state index contributed by atoms with van der Waals surface area (Å²) in [6.45, 7) is 1.21. The van der Waals surface area contributed by atoms with Crippen LogP contribution in [-0.4, -0.2) is 37.3 Å². The Morgan fingerprint density at radius 2 is 1.70 bits per heavy atom. The van der Waals surface area contributed by atoms with Gasteiger partial charge in [-0.1, -0.05) is 11.6 Å². The van der Waals surface area contributed by atoms with Crippen LogP contribution in [0, 0.1) is 0 Å². The smallest absolute Gasteiger partial charge is 0.173 e. The highest BCUT2D eigenvalue weighted by Crippen LogP contribution is 2.17. The Balaban J connectivity index is 1.75. The molecule has 2 aromatic rings. The summed E-state index contributed by atoms with van der Waals surface area (Å²) in [5.41, 5.74) is 0.905. The first kappa shape index (κ1) is 17.4. The van der Waals surface area contributed by atoms with Gasteiger partial charge in [-0.2, -0.15) is 0 Å². The van der Waals surface area contributed by atoms with Gasteiger partial charge < -0.3 is 19.7 Å². The second-order valence-electron chi connectivity index (χ2n) is 4.88. The number of hydrogen-bond donors (Lipinski definition) is 1. The Bertz CT molecular complexity index is 632. The molecule has 0 bridgehead atoms. The maximum Gasteiger partial charge on any atom is 0.173 e. The molecular weight excluding hydrogens is 332 g/mol. The van der Waals surface area contributed by atoms with Crippen molar-refractivity contribution < 1.29 is 9.47 Å². The fraction of sp³-hybridized carbons (Fsp3) is 0.235. The van der Waals surface area contributed by atoms with Gasteiger partial charge in [-0.3, -0.25) is 0 Å². The van der Waals surface area contributed by atoms with Gasteiger partial charge in [0.25, 0.3) is 0 Å². The first-order valence-electron chi connectivity index (χ1n) is 7.13.